The molecule has 5 unspecified atom stereocenters. The van der Waals surface area contributed by atoms with Crippen molar-refractivity contribution >= 4 is 17.8 Å². The van der Waals surface area contributed by atoms with Gasteiger partial charge in [-0.05, 0) is 56.6 Å². The van der Waals surface area contributed by atoms with E-state index >= 15 is 0 Å². The number of ether oxygens (including phenoxy) is 1. The number of aliphatic hydroxyl groups excluding tert-OH is 2. The molecule has 4 N–H and O–H groups in total. The van der Waals surface area contributed by atoms with Crippen molar-refractivity contribution in [3.8, 4) is 0 Å². The lowest BCUT2D eigenvalue weighted by Gasteiger charge is -2.21. The summed E-state index contributed by atoms with van der Waals surface area (Å²) in [5.74, 6) is -2.07. The number of benzene rings is 1. The number of hydrogen-bond donors (Lipinski definition) is 4. The summed E-state index contributed by atoms with van der Waals surface area (Å²) in [6.07, 6.45) is 9.18. The van der Waals surface area contributed by atoms with Crippen LogP contribution in [0.25, 0.3) is 0 Å². The Balaban J connectivity index is 1.98. The van der Waals surface area contributed by atoms with Crippen molar-refractivity contribution in [1.29, 1.82) is 0 Å². The predicted molar refractivity (Wildman–Crippen MR) is 141 cm³/mol. The number of rotatable bonds is 16. The molecule has 0 saturated heterocycles. The van der Waals surface area contributed by atoms with Gasteiger partial charge in [-0.25, -0.2) is 0 Å². The van der Waals surface area contributed by atoms with Crippen molar-refractivity contribution in [2.45, 2.75) is 83.0 Å². The molecule has 0 heterocycles. The van der Waals surface area contributed by atoms with Crippen LogP contribution in [0.2, 0.25) is 0 Å². The highest BCUT2D eigenvalue weighted by Gasteiger charge is 2.39. The topological polar surface area (TPSA) is 133 Å². The molecule has 0 aromatic heterocycles. The third kappa shape index (κ3) is 11.7. The standard InChI is InChI=1S/C29H41NO7/c1-2-30-27(33)13-9-4-3-8-12-23-24(26(32)20-25(23)31)17-16-22(37-29(36)19-18-28(34)35)15-14-21-10-6-5-7-11-21/h3,5-8,10-11,16-17,22-26,31-32H,2,4,9,12-15,18-20H2,1H3,(H,30,33)(H,34,35). The second-order valence-electron chi connectivity index (χ2n) is 9.50. The number of carbonyl (C=O) groups is 3. The molecule has 0 bridgehead atoms. The van der Waals surface area contributed by atoms with Crippen molar-refractivity contribution in [3.05, 3.63) is 60.2 Å². The van der Waals surface area contributed by atoms with Gasteiger partial charge >= 0.3 is 11.9 Å². The van der Waals surface area contributed by atoms with E-state index in [1.165, 1.54) is 0 Å². The molecular weight excluding hydrogens is 474 g/mol. The molecule has 8 heteroatoms. The molecule has 1 aliphatic carbocycles. The first-order chi connectivity index (χ1) is 17.8. The zero-order valence-electron chi connectivity index (χ0n) is 21.6. The third-order valence-corrected chi connectivity index (χ3v) is 6.57. The molecule has 1 fully saturated rings. The average molecular weight is 516 g/mol. The SMILES string of the molecule is CCNC(=O)CCCC=CCC1C(O)CC(O)C1C=CC(CCc1ccccc1)OC(=O)CCC(=O)O. The Hall–Kier alpha value is -2.97. The minimum absolute atomic E-state index is 0.0425. The van der Waals surface area contributed by atoms with Crippen molar-refractivity contribution in [3.63, 3.8) is 0 Å². The zero-order valence-corrected chi connectivity index (χ0v) is 21.6. The number of aliphatic carboxylic acids is 1. The van der Waals surface area contributed by atoms with Crippen LogP contribution in [0.5, 0.6) is 0 Å². The number of amides is 1. The number of esters is 1. The lowest BCUT2D eigenvalue weighted by atomic mass is 9.89. The normalized spacial score (nSPS) is 22.4. The van der Waals surface area contributed by atoms with Gasteiger partial charge in [-0.3, -0.25) is 14.4 Å². The van der Waals surface area contributed by atoms with Crippen LogP contribution >= 0.6 is 0 Å². The number of aliphatic hydroxyl groups is 2. The van der Waals surface area contributed by atoms with Crippen LogP contribution < -0.4 is 5.32 Å². The number of nitrogens with one attached hydrogen (secondary N) is 1. The highest BCUT2D eigenvalue weighted by Crippen LogP contribution is 2.36. The van der Waals surface area contributed by atoms with Gasteiger partial charge in [0.25, 0.3) is 0 Å². The van der Waals surface area contributed by atoms with E-state index in [0.29, 0.717) is 32.2 Å². The van der Waals surface area contributed by atoms with Crippen molar-refractivity contribution < 1.29 is 34.4 Å². The maximum absolute atomic E-state index is 12.2. The van der Waals surface area contributed by atoms with E-state index in [9.17, 15) is 24.6 Å². The summed E-state index contributed by atoms with van der Waals surface area (Å²) in [7, 11) is 0. The minimum Gasteiger partial charge on any atom is -0.481 e. The number of hydrogen-bond acceptors (Lipinski definition) is 6. The first-order valence-corrected chi connectivity index (χ1v) is 13.2. The second kappa shape index (κ2) is 16.7. The van der Waals surface area contributed by atoms with E-state index in [1.807, 2.05) is 55.5 Å². The lowest BCUT2D eigenvalue weighted by Crippen LogP contribution is -2.22. The summed E-state index contributed by atoms with van der Waals surface area (Å²) in [5.41, 5.74) is 1.09. The Labute approximate surface area is 219 Å². The molecule has 1 aromatic carbocycles. The summed E-state index contributed by atoms with van der Waals surface area (Å²) in [6, 6.07) is 9.78. The van der Waals surface area contributed by atoms with E-state index in [4.69, 9.17) is 9.84 Å². The summed E-state index contributed by atoms with van der Waals surface area (Å²) < 4.78 is 5.56. The van der Waals surface area contributed by atoms with E-state index < -0.39 is 30.3 Å². The molecule has 0 aliphatic heterocycles. The van der Waals surface area contributed by atoms with Crippen LogP contribution in [0.1, 0.15) is 63.9 Å². The van der Waals surface area contributed by atoms with Gasteiger partial charge in [0.2, 0.25) is 5.91 Å². The fraction of sp³-hybridized carbons (Fsp3) is 0.552. The Kier molecular flexibility index (Phi) is 13.7. The molecule has 37 heavy (non-hydrogen) atoms. The zero-order chi connectivity index (χ0) is 27.0. The lowest BCUT2D eigenvalue weighted by molar-refractivity contribution is -0.150. The maximum atomic E-state index is 12.2. The minimum atomic E-state index is -1.06. The summed E-state index contributed by atoms with van der Waals surface area (Å²) >= 11 is 0. The molecule has 1 aromatic rings. The van der Waals surface area contributed by atoms with Crippen LogP contribution in [-0.2, 0) is 25.5 Å². The van der Waals surface area contributed by atoms with E-state index in [1.54, 1.807) is 6.08 Å². The van der Waals surface area contributed by atoms with Crippen LogP contribution in [-0.4, -0.2) is 58.0 Å². The molecule has 204 valence electrons. The number of allylic oxidation sites excluding steroid dienone is 2. The monoisotopic (exact) mass is 515 g/mol. The predicted octanol–water partition coefficient (Wildman–Crippen LogP) is 3.56. The van der Waals surface area contributed by atoms with Crippen LogP contribution in [0.15, 0.2) is 54.6 Å². The first-order valence-electron chi connectivity index (χ1n) is 13.2. The molecule has 2 rings (SSSR count). The fourth-order valence-corrected chi connectivity index (χ4v) is 4.58. The Morgan fingerprint density at radius 1 is 1.08 bits per heavy atom. The average Bonchev–Trinajstić information content (AvgIpc) is 3.14. The largest absolute Gasteiger partial charge is 0.481 e. The Bertz CT molecular complexity index is 899. The van der Waals surface area contributed by atoms with Crippen molar-refractivity contribution in [2.75, 3.05) is 6.54 Å². The van der Waals surface area contributed by atoms with Gasteiger partial charge in [0.15, 0.2) is 0 Å². The number of aryl methyl sites for hydroxylation is 1. The van der Waals surface area contributed by atoms with E-state index in [0.717, 1.165) is 18.4 Å². The Morgan fingerprint density at radius 2 is 1.84 bits per heavy atom. The van der Waals surface area contributed by atoms with Crippen LogP contribution in [0, 0.1) is 11.8 Å². The fourth-order valence-electron chi connectivity index (χ4n) is 4.58. The smallest absolute Gasteiger partial charge is 0.306 e. The second-order valence-corrected chi connectivity index (χ2v) is 9.50. The number of carbonyl (C=O) groups excluding carboxylic acids is 2. The van der Waals surface area contributed by atoms with Gasteiger partial charge in [-0.15, -0.1) is 0 Å². The van der Waals surface area contributed by atoms with Gasteiger partial charge < -0.3 is 25.4 Å². The Morgan fingerprint density at radius 3 is 2.54 bits per heavy atom. The van der Waals surface area contributed by atoms with Crippen LogP contribution in [0.3, 0.4) is 0 Å². The van der Waals surface area contributed by atoms with E-state index in [-0.39, 0.29) is 37.0 Å². The number of carboxylic acids is 1. The molecule has 8 nitrogen and oxygen atoms in total. The van der Waals surface area contributed by atoms with Gasteiger partial charge in [-0.2, -0.15) is 0 Å². The van der Waals surface area contributed by atoms with Gasteiger partial charge in [-0.1, -0.05) is 48.6 Å². The molecule has 0 spiro atoms. The number of carboxylic acid groups (broad SMARTS) is 1. The molecule has 5 atom stereocenters. The molecule has 1 aliphatic rings. The summed E-state index contributed by atoms with van der Waals surface area (Å²) in [6.45, 7) is 2.51. The highest BCUT2D eigenvalue weighted by molar-refractivity contribution is 5.76. The molecule has 0 radical (unpaired) electrons. The van der Waals surface area contributed by atoms with Crippen molar-refractivity contribution in [1.82, 2.24) is 5.32 Å². The van der Waals surface area contributed by atoms with E-state index in [2.05, 4.69) is 5.32 Å². The highest BCUT2D eigenvalue weighted by atomic mass is 16.5. The third-order valence-electron chi connectivity index (χ3n) is 6.57. The molecule has 1 amide bonds. The quantitative estimate of drug-likeness (QED) is 0.150. The van der Waals surface area contributed by atoms with Gasteiger partial charge in [0, 0.05) is 25.3 Å². The number of unbranched alkanes of at least 4 members (excludes halogenated alkanes) is 1. The van der Waals surface area contributed by atoms with Crippen molar-refractivity contribution in [2.24, 2.45) is 11.8 Å². The molecular formula is C29H41NO7. The van der Waals surface area contributed by atoms with Crippen LogP contribution in [0.4, 0.5) is 0 Å². The van der Waals surface area contributed by atoms with Gasteiger partial charge in [0.1, 0.15) is 6.10 Å². The summed E-state index contributed by atoms with van der Waals surface area (Å²) in [4.78, 5) is 34.5. The van der Waals surface area contributed by atoms with Gasteiger partial charge in [0.05, 0.1) is 25.0 Å². The molecule has 1 saturated carbocycles. The first kappa shape index (κ1) is 30.3. The summed E-state index contributed by atoms with van der Waals surface area (Å²) in [5, 5.41) is 32.7. The maximum Gasteiger partial charge on any atom is 0.306 e.